The fourth-order valence-electron chi connectivity index (χ4n) is 2.04. The number of hydrogen-bond donors (Lipinski definition) is 0. The summed E-state index contributed by atoms with van der Waals surface area (Å²) in [6.07, 6.45) is 3.56. The van der Waals surface area contributed by atoms with E-state index in [1.807, 2.05) is 11.8 Å². The molecule has 0 radical (unpaired) electrons. The summed E-state index contributed by atoms with van der Waals surface area (Å²) >= 11 is 1.97. The molecule has 0 aromatic carbocycles. The van der Waals surface area contributed by atoms with Crippen LogP contribution in [0.2, 0.25) is 39.3 Å². The summed E-state index contributed by atoms with van der Waals surface area (Å²) in [7, 11) is -2.17. The predicted octanol–water partition coefficient (Wildman–Crippen LogP) is 3.71. The molecule has 14 heavy (non-hydrogen) atoms. The normalized spacial score (nSPS) is 13.7. The van der Waals surface area contributed by atoms with Crippen LogP contribution in [0.3, 0.4) is 0 Å². The monoisotopic (exact) mass is 249 g/mol. The molecule has 0 spiro atoms. The van der Waals surface area contributed by atoms with Crippen LogP contribution in [0.5, 0.6) is 0 Å². The maximum Gasteiger partial charge on any atom is 0.112 e. The van der Waals surface area contributed by atoms with Crippen LogP contribution in [0.4, 0.5) is 0 Å². The van der Waals surface area contributed by atoms with Crippen molar-refractivity contribution in [1.29, 1.82) is 0 Å². The number of nitrogens with zero attached hydrogens (tertiary/aromatic N) is 1. The summed E-state index contributed by atoms with van der Waals surface area (Å²) in [5, 5.41) is 0. The van der Waals surface area contributed by atoms with E-state index >= 15 is 0 Å². The van der Waals surface area contributed by atoms with Gasteiger partial charge in [-0.1, -0.05) is 39.3 Å². The van der Waals surface area contributed by atoms with Crippen LogP contribution in [0.1, 0.15) is 6.42 Å². The minimum absolute atomic E-state index is 1.09. The van der Waals surface area contributed by atoms with Crippen molar-refractivity contribution in [2.75, 3.05) is 18.6 Å². The first-order chi connectivity index (χ1) is 6.19. The summed E-state index contributed by atoms with van der Waals surface area (Å²) < 4.78 is 2.87. The van der Waals surface area contributed by atoms with Crippen molar-refractivity contribution in [3.63, 3.8) is 0 Å². The Labute approximate surface area is 96.8 Å². The van der Waals surface area contributed by atoms with Crippen molar-refractivity contribution < 1.29 is 0 Å². The van der Waals surface area contributed by atoms with E-state index < -0.39 is 16.5 Å². The standard InChI is InChI=1S/C10H27NSSi2/c1-12-10-8-9-11(13(2,3)4)14(5,6)7/h8-10H2,1-7H3. The van der Waals surface area contributed by atoms with Gasteiger partial charge in [-0.2, -0.15) is 11.8 Å². The highest BCUT2D eigenvalue weighted by Crippen LogP contribution is 2.20. The Morgan fingerprint density at radius 1 is 0.929 bits per heavy atom. The first-order valence-electron chi connectivity index (χ1n) is 5.46. The Hall–Kier alpha value is 0.744. The largest absolute Gasteiger partial charge is 0.346 e. The highest BCUT2D eigenvalue weighted by atomic mass is 32.2. The van der Waals surface area contributed by atoms with Crippen molar-refractivity contribution in [1.82, 2.24) is 4.23 Å². The lowest BCUT2D eigenvalue weighted by molar-refractivity contribution is 0.605. The minimum Gasteiger partial charge on any atom is -0.346 e. The van der Waals surface area contributed by atoms with Gasteiger partial charge in [-0.3, -0.25) is 0 Å². The molecule has 0 atom stereocenters. The van der Waals surface area contributed by atoms with Crippen molar-refractivity contribution in [2.24, 2.45) is 0 Å². The number of hydrogen-bond acceptors (Lipinski definition) is 2. The van der Waals surface area contributed by atoms with E-state index in [9.17, 15) is 0 Å². The van der Waals surface area contributed by atoms with Gasteiger partial charge in [0.25, 0.3) is 0 Å². The average Bonchev–Trinajstić information content (AvgIpc) is 1.92. The Morgan fingerprint density at radius 2 is 1.36 bits per heavy atom. The molecular formula is C10H27NSSi2. The van der Waals surface area contributed by atoms with Gasteiger partial charge in [-0.05, 0) is 25.0 Å². The third-order valence-electron chi connectivity index (χ3n) is 2.35. The second-order valence-electron chi connectivity index (χ2n) is 5.84. The SMILES string of the molecule is CSCCCN([Si](C)(C)C)[Si](C)(C)C. The van der Waals surface area contributed by atoms with E-state index in [0.29, 0.717) is 0 Å². The van der Waals surface area contributed by atoms with E-state index in [1.54, 1.807) is 0 Å². The molecule has 0 saturated carbocycles. The summed E-state index contributed by atoms with van der Waals surface area (Å²) in [4.78, 5) is 0. The Morgan fingerprint density at radius 3 is 1.64 bits per heavy atom. The minimum atomic E-state index is -1.09. The third kappa shape index (κ3) is 5.58. The van der Waals surface area contributed by atoms with Crippen LogP contribution in [0.25, 0.3) is 0 Å². The maximum atomic E-state index is 2.87. The van der Waals surface area contributed by atoms with Gasteiger partial charge in [0.05, 0.1) is 0 Å². The molecule has 0 heterocycles. The Balaban J connectivity index is 4.28. The van der Waals surface area contributed by atoms with Gasteiger partial charge in [-0.15, -0.1) is 0 Å². The molecule has 0 bridgehead atoms. The molecule has 86 valence electrons. The van der Waals surface area contributed by atoms with Crippen molar-refractivity contribution in [2.45, 2.75) is 45.7 Å². The molecule has 0 aromatic rings. The molecule has 0 unspecified atom stereocenters. The van der Waals surface area contributed by atoms with Crippen LogP contribution >= 0.6 is 11.8 Å². The fourth-order valence-corrected chi connectivity index (χ4v) is 12.2. The van der Waals surface area contributed by atoms with Crippen molar-refractivity contribution in [3.05, 3.63) is 0 Å². The molecular weight excluding hydrogens is 222 g/mol. The first-order valence-corrected chi connectivity index (χ1v) is 13.7. The molecule has 0 rings (SSSR count). The number of rotatable bonds is 6. The van der Waals surface area contributed by atoms with Crippen molar-refractivity contribution in [3.8, 4) is 0 Å². The van der Waals surface area contributed by atoms with Gasteiger partial charge in [-0.25, -0.2) is 0 Å². The van der Waals surface area contributed by atoms with E-state index in [2.05, 4.69) is 49.8 Å². The van der Waals surface area contributed by atoms with Gasteiger partial charge in [0.1, 0.15) is 16.5 Å². The summed E-state index contributed by atoms with van der Waals surface area (Å²) in [5.74, 6) is 1.31. The predicted molar refractivity (Wildman–Crippen MR) is 76.4 cm³/mol. The lowest BCUT2D eigenvalue weighted by Crippen LogP contribution is -2.59. The molecule has 0 aliphatic rings. The second-order valence-corrected chi connectivity index (χ2v) is 17.0. The van der Waals surface area contributed by atoms with Crippen LogP contribution in [-0.2, 0) is 0 Å². The molecule has 0 fully saturated rings. The van der Waals surface area contributed by atoms with Gasteiger partial charge in [0.2, 0.25) is 0 Å². The maximum absolute atomic E-state index is 2.87. The zero-order valence-electron chi connectivity index (χ0n) is 11.0. The van der Waals surface area contributed by atoms with Crippen LogP contribution in [-0.4, -0.2) is 39.3 Å². The van der Waals surface area contributed by atoms with Gasteiger partial charge >= 0.3 is 0 Å². The summed E-state index contributed by atoms with van der Waals surface area (Å²) in [6.45, 7) is 16.2. The van der Waals surface area contributed by atoms with E-state index in [1.165, 1.54) is 18.7 Å². The van der Waals surface area contributed by atoms with Gasteiger partial charge < -0.3 is 4.23 Å². The van der Waals surface area contributed by atoms with Crippen LogP contribution in [0.15, 0.2) is 0 Å². The number of thioether (sulfide) groups is 1. The first kappa shape index (κ1) is 14.7. The lowest BCUT2D eigenvalue weighted by atomic mass is 10.5. The molecule has 0 amide bonds. The fraction of sp³-hybridized carbons (Fsp3) is 1.00. The quantitative estimate of drug-likeness (QED) is 0.521. The molecule has 1 nitrogen and oxygen atoms in total. The van der Waals surface area contributed by atoms with Gasteiger partial charge in [0, 0.05) is 0 Å². The summed E-state index contributed by atoms with van der Waals surface area (Å²) in [5.41, 5.74) is 0. The Kier molecular flexibility index (Phi) is 6.03. The van der Waals surface area contributed by atoms with Crippen molar-refractivity contribution >= 4 is 28.2 Å². The smallest absolute Gasteiger partial charge is 0.112 e. The summed E-state index contributed by atoms with van der Waals surface area (Å²) in [6, 6.07) is 0. The van der Waals surface area contributed by atoms with E-state index in [0.717, 1.165) is 0 Å². The van der Waals surface area contributed by atoms with E-state index in [4.69, 9.17) is 0 Å². The third-order valence-corrected chi connectivity index (χ3v) is 10.8. The molecule has 0 aliphatic heterocycles. The highest BCUT2D eigenvalue weighted by Gasteiger charge is 2.33. The molecule has 0 aliphatic carbocycles. The van der Waals surface area contributed by atoms with Crippen LogP contribution in [0, 0.1) is 0 Å². The zero-order chi connectivity index (χ0) is 11.4. The topological polar surface area (TPSA) is 3.24 Å². The average molecular weight is 250 g/mol. The lowest BCUT2D eigenvalue weighted by Gasteiger charge is -2.43. The van der Waals surface area contributed by atoms with Gasteiger partial charge in [0.15, 0.2) is 0 Å². The second kappa shape index (κ2) is 5.73. The molecule has 0 saturated heterocycles. The Bertz CT molecular complexity index is 146. The highest BCUT2D eigenvalue weighted by molar-refractivity contribution is 7.98. The molecule has 0 aromatic heterocycles. The van der Waals surface area contributed by atoms with Crippen LogP contribution < -0.4 is 0 Å². The van der Waals surface area contributed by atoms with E-state index in [-0.39, 0.29) is 0 Å². The zero-order valence-corrected chi connectivity index (χ0v) is 13.8. The molecule has 4 heteroatoms. The molecule has 0 N–H and O–H groups in total.